The molecule has 1 N–H and O–H groups in total. The molecule has 3 aromatic rings. The molecule has 2 heterocycles. The molecule has 1 aliphatic rings. The molecule has 24 heavy (non-hydrogen) atoms. The van der Waals surface area contributed by atoms with Crippen molar-refractivity contribution in [3.8, 4) is 16.9 Å². The van der Waals surface area contributed by atoms with Crippen molar-refractivity contribution < 1.29 is 0 Å². The first kappa shape index (κ1) is 15.8. The van der Waals surface area contributed by atoms with Crippen LogP contribution in [0.5, 0.6) is 0 Å². The molecule has 2 aromatic carbocycles. The quantitative estimate of drug-likeness (QED) is 0.613. The van der Waals surface area contributed by atoms with E-state index < -0.39 is 0 Å². The van der Waals surface area contributed by atoms with Gasteiger partial charge in [-0.05, 0) is 49.2 Å². The number of benzene rings is 2. The van der Waals surface area contributed by atoms with Gasteiger partial charge in [0, 0.05) is 27.7 Å². The van der Waals surface area contributed by atoms with Crippen molar-refractivity contribution in [1.82, 2.24) is 9.78 Å². The lowest BCUT2D eigenvalue weighted by molar-refractivity contribution is 0.882. The molecule has 1 aliphatic heterocycles. The highest BCUT2D eigenvalue weighted by molar-refractivity contribution is 6.36. The summed E-state index contributed by atoms with van der Waals surface area (Å²) in [6.07, 6.45) is 0.906. The summed E-state index contributed by atoms with van der Waals surface area (Å²) in [4.78, 5) is 0. The highest BCUT2D eigenvalue weighted by Gasteiger charge is 2.25. The molecular formula is C18H14Cl3N3. The maximum absolute atomic E-state index is 6.39. The van der Waals surface area contributed by atoms with Gasteiger partial charge in [-0.1, -0.05) is 40.9 Å². The van der Waals surface area contributed by atoms with Crippen molar-refractivity contribution in [2.75, 3.05) is 11.9 Å². The van der Waals surface area contributed by atoms with E-state index in [9.17, 15) is 0 Å². The second-order valence-corrected chi connectivity index (χ2v) is 7.07. The van der Waals surface area contributed by atoms with Crippen molar-refractivity contribution in [2.24, 2.45) is 0 Å². The van der Waals surface area contributed by atoms with E-state index in [1.54, 1.807) is 6.07 Å². The molecular weight excluding hydrogens is 365 g/mol. The fourth-order valence-corrected chi connectivity index (χ4v) is 3.65. The van der Waals surface area contributed by atoms with Crippen molar-refractivity contribution in [1.29, 1.82) is 0 Å². The summed E-state index contributed by atoms with van der Waals surface area (Å²) in [5.41, 5.74) is 4.90. The Balaban J connectivity index is 1.90. The largest absolute Gasteiger partial charge is 0.369 e. The van der Waals surface area contributed by atoms with Gasteiger partial charge in [-0.2, -0.15) is 5.10 Å². The molecule has 0 atom stereocenters. The third-order valence-electron chi connectivity index (χ3n) is 4.24. The Morgan fingerprint density at radius 1 is 1.04 bits per heavy atom. The minimum absolute atomic E-state index is 0.601. The SMILES string of the molecule is Cc1ccc(-n2nc(-c3ccc(Cl)cc3Cl)c3c2NCC3)cc1Cl. The Kier molecular flexibility index (Phi) is 3.95. The number of fused-ring (bicyclic) bond motifs is 1. The van der Waals surface area contributed by atoms with Gasteiger partial charge in [-0.25, -0.2) is 4.68 Å². The van der Waals surface area contributed by atoms with Gasteiger partial charge in [0.1, 0.15) is 5.82 Å². The van der Waals surface area contributed by atoms with Crippen LogP contribution < -0.4 is 5.32 Å². The van der Waals surface area contributed by atoms with E-state index in [4.69, 9.17) is 39.9 Å². The van der Waals surface area contributed by atoms with Crippen LogP contribution in [0.4, 0.5) is 5.82 Å². The topological polar surface area (TPSA) is 29.9 Å². The van der Waals surface area contributed by atoms with Crippen LogP contribution in [-0.2, 0) is 6.42 Å². The number of hydrogen-bond acceptors (Lipinski definition) is 2. The molecule has 0 fully saturated rings. The summed E-state index contributed by atoms with van der Waals surface area (Å²) < 4.78 is 1.90. The van der Waals surface area contributed by atoms with E-state index in [-0.39, 0.29) is 0 Å². The fourth-order valence-electron chi connectivity index (χ4n) is 2.97. The molecule has 0 spiro atoms. The average molecular weight is 379 g/mol. The van der Waals surface area contributed by atoms with Crippen LogP contribution in [0.3, 0.4) is 0 Å². The first-order chi connectivity index (χ1) is 11.5. The molecule has 4 rings (SSSR count). The van der Waals surface area contributed by atoms with Crippen molar-refractivity contribution in [3.63, 3.8) is 0 Å². The highest BCUT2D eigenvalue weighted by Crippen LogP contribution is 2.38. The number of rotatable bonds is 2. The second kappa shape index (κ2) is 5.99. The van der Waals surface area contributed by atoms with Crippen LogP contribution in [-0.4, -0.2) is 16.3 Å². The zero-order valence-corrected chi connectivity index (χ0v) is 15.2. The normalized spacial score (nSPS) is 13.0. The Labute approximate surface area is 155 Å². The molecule has 0 saturated heterocycles. The van der Waals surface area contributed by atoms with Gasteiger partial charge in [0.05, 0.1) is 16.4 Å². The van der Waals surface area contributed by atoms with E-state index in [0.29, 0.717) is 10.0 Å². The Bertz CT molecular complexity index is 947. The van der Waals surface area contributed by atoms with Crippen LogP contribution >= 0.6 is 34.8 Å². The summed E-state index contributed by atoms with van der Waals surface area (Å²) in [5, 5.41) is 10.1. The summed E-state index contributed by atoms with van der Waals surface area (Å²) in [5.74, 6) is 0.996. The van der Waals surface area contributed by atoms with Gasteiger partial charge in [0.2, 0.25) is 0 Å². The molecule has 0 unspecified atom stereocenters. The van der Waals surface area contributed by atoms with Gasteiger partial charge < -0.3 is 5.32 Å². The smallest absolute Gasteiger partial charge is 0.133 e. The number of aryl methyl sites for hydroxylation is 1. The summed E-state index contributed by atoms with van der Waals surface area (Å²) in [6.45, 7) is 2.86. The maximum Gasteiger partial charge on any atom is 0.133 e. The second-order valence-electron chi connectivity index (χ2n) is 5.82. The first-order valence-corrected chi connectivity index (χ1v) is 8.75. The Morgan fingerprint density at radius 3 is 2.62 bits per heavy atom. The van der Waals surface area contributed by atoms with E-state index in [2.05, 4.69) is 5.32 Å². The van der Waals surface area contributed by atoms with Crippen LogP contribution in [0, 0.1) is 6.92 Å². The van der Waals surface area contributed by atoms with Gasteiger partial charge in [0.15, 0.2) is 0 Å². The third-order valence-corrected chi connectivity index (χ3v) is 5.19. The minimum Gasteiger partial charge on any atom is -0.369 e. The van der Waals surface area contributed by atoms with Crippen LogP contribution in [0.15, 0.2) is 36.4 Å². The van der Waals surface area contributed by atoms with Gasteiger partial charge in [-0.3, -0.25) is 0 Å². The number of hydrogen-bond donors (Lipinski definition) is 1. The van der Waals surface area contributed by atoms with Crippen LogP contribution in [0.1, 0.15) is 11.1 Å². The van der Waals surface area contributed by atoms with E-state index in [1.165, 1.54) is 0 Å². The number of nitrogens with one attached hydrogen (secondary N) is 1. The lowest BCUT2D eigenvalue weighted by Crippen LogP contribution is -2.04. The Hall–Kier alpha value is -1.68. The predicted molar refractivity (Wildman–Crippen MR) is 101 cm³/mol. The summed E-state index contributed by atoms with van der Waals surface area (Å²) in [6, 6.07) is 11.4. The first-order valence-electron chi connectivity index (χ1n) is 7.62. The van der Waals surface area contributed by atoms with Crippen molar-refractivity contribution >= 4 is 40.6 Å². The predicted octanol–water partition coefficient (Wildman–Crippen LogP) is 5.78. The van der Waals surface area contributed by atoms with Gasteiger partial charge in [0.25, 0.3) is 0 Å². The molecule has 3 nitrogen and oxygen atoms in total. The highest BCUT2D eigenvalue weighted by atomic mass is 35.5. The lowest BCUT2D eigenvalue weighted by Gasteiger charge is -2.08. The standard InChI is InChI=1S/C18H14Cl3N3/c1-10-2-4-12(9-15(10)20)24-18-14(6-7-22-18)17(23-24)13-5-3-11(19)8-16(13)21/h2-5,8-9,22H,6-7H2,1H3. The zero-order valence-electron chi connectivity index (χ0n) is 12.9. The molecule has 0 radical (unpaired) electrons. The summed E-state index contributed by atoms with van der Waals surface area (Å²) in [7, 11) is 0. The fraction of sp³-hybridized carbons (Fsp3) is 0.167. The number of halogens is 3. The Morgan fingerprint density at radius 2 is 1.88 bits per heavy atom. The molecule has 0 bridgehead atoms. The zero-order chi connectivity index (χ0) is 16.8. The van der Waals surface area contributed by atoms with Crippen LogP contribution in [0.25, 0.3) is 16.9 Å². The van der Waals surface area contributed by atoms with Gasteiger partial charge in [-0.15, -0.1) is 0 Å². The molecule has 1 aromatic heterocycles. The van der Waals surface area contributed by atoms with E-state index >= 15 is 0 Å². The van der Waals surface area contributed by atoms with Crippen molar-refractivity contribution in [3.05, 3.63) is 62.6 Å². The van der Waals surface area contributed by atoms with E-state index in [1.807, 2.05) is 41.9 Å². The van der Waals surface area contributed by atoms with Crippen LogP contribution in [0.2, 0.25) is 15.1 Å². The van der Waals surface area contributed by atoms with E-state index in [0.717, 1.165) is 51.9 Å². The van der Waals surface area contributed by atoms with Crippen molar-refractivity contribution in [2.45, 2.75) is 13.3 Å². The lowest BCUT2D eigenvalue weighted by atomic mass is 10.1. The molecule has 0 aliphatic carbocycles. The maximum atomic E-state index is 6.39. The summed E-state index contributed by atoms with van der Waals surface area (Å²) >= 11 is 18.7. The monoisotopic (exact) mass is 377 g/mol. The molecule has 0 amide bonds. The average Bonchev–Trinajstić information content (AvgIpc) is 3.13. The molecule has 6 heteroatoms. The van der Waals surface area contributed by atoms with Gasteiger partial charge >= 0.3 is 0 Å². The third kappa shape index (κ3) is 2.57. The molecule has 0 saturated carbocycles. The number of nitrogens with zero attached hydrogens (tertiary/aromatic N) is 2. The molecule has 122 valence electrons. The number of aromatic nitrogens is 2. The number of anilines is 1. The minimum atomic E-state index is 0.601.